The molecule has 2 rings (SSSR count). The second-order valence-corrected chi connectivity index (χ2v) is 5.97. The van der Waals surface area contributed by atoms with Gasteiger partial charge in [-0.2, -0.15) is 5.10 Å². The number of hydrogen-bond donors (Lipinski definition) is 2. The van der Waals surface area contributed by atoms with E-state index in [-0.39, 0.29) is 5.56 Å². The summed E-state index contributed by atoms with van der Waals surface area (Å²) in [5.74, 6) is -2.68. The highest BCUT2D eigenvalue weighted by molar-refractivity contribution is 14.1. The van der Waals surface area contributed by atoms with E-state index >= 15 is 0 Å². The van der Waals surface area contributed by atoms with Crippen molar-refractivity contribution in [2.45, 2.75) is 19.8 Å². The van der Waals surface area contributed by atoms with Crippen LogP contribution >= 0.6 is 22.6 Å². The van der Waals surface area contributed by atoms with Gasteiger partial charge in [0.25, 0.3) is 0 Å². The van der Waals surface area contributed by atoms with Gasteiger partial charge in [-0.1, -0.05) is 6.92 Å². The summed E-state index contributed by atoms with van der Waals surface area (Å²) in [4.78, 5) is 34.6. The average molecular weight is 428 g/mol. The van der Waals surface area contributed by atoms with Gasteiger partial charge in [0.2, 0.25) is 11.1 Å². The molecule has 0 saturated carbocycles. The highest BCUT2D eigenvalue weighted by Gasteiger charge is 2.22. The summed E-state index contributed by atoms with van der Waals surface area (Å²) in [6.07, 6.45) is -0.202. The number of carboxylic acids is 2. The molecule has 0 unspecified atom stereocenters. The van der Waals surface area contributed by atoms with Gasteiger partial charge in [-0.05, 0) is 53.3 Å². The second-order valence-electron chi connectivity index (χ2n) is 4.72. The number of hydrogen-bond acceptors (Lipinski definition) is 4. The third kappa shape index (κ3) is 3.58. The minimum absolute atomic E-state index is 0.0500. The predicted octanol–water partition coefficient (Wildman–Crippen LogP) is 1.72. The number of aromatic nitrogens is 2. The summed E-state index contributed by atoms with van der Waals surface area (Å²) in [5.41, 5.74) is -0.624. The van der Waals surface area contributed by atoms with Crippen LogP contribution in [0.3, 0.4) is 0 Å². The van der Waals surface area contributed by atoms with Crippen molar-refractivity contribution >= 4 is 34.5 Å². The van der Waals surface area contributed by atoms with Gasteiger partial charge in [0.15, 0.2) is 0 Å². The summed E-state index contributed by atoms with van der Waals surface area (Å²) in [6.45, 7) is 1.76. The fourth-order valence-electron chi connectivity index (χ4n) is 2.24. The molecule has 1 aromatic heterocycles. The quantitative estimate of drug-likeness (QED) is 0.703. The minimum atomic E-state index is -1.48. The summed E-state index contributed by atoms with van der Waals surface area (Å²) in [5, 5.41) is 22.1. The molecule has 8 heteroatoms. The van der Waals surface area contributed by atoms with Gasteiger partial charge in [0.1, 0.15) is 0 Å². The molecule has 0 aliphatic carbocycles. The Hall–Kier alpha value is -2.23. The molecule has 0 saturated heterocycles. The first-order chi connectivity index (χ1) is 10.8. The first-order valence-electron chi connectivity index (χ1n) is 6.71. The summed E-state index contributed by atoms with van der Waals surface area (Å²) >= 11 is 2.13. The van der Waals surface area contributed by atoms with Crippen molar-refractivity contribution < 1.29 is 19.8 Å². The average Bonchev–Trinajstić information content (AvgIpc) is 2.49. The molecule has 2 N–H and O–H groups in total. The maximum atomic E-state index is 12.2. The monoisotopic (exact) mass is 428 g/mol. The maximum Gasteiger partial charge on any atom is 0.360 e. The van der Waals surface area contributed by atoms with Crippen LogP contribution < -0.4 is 5.43 Å². The fraction of sp³-hybridized carbons (Fsp3) is 0.200. The Morgan fingerprint density at radius 3 is 2.30 bits per heavy atom. The van der Waals surface area contributed by atoms with E-state index in [1.807, 2.05) is 12.1 Å². The van der Waals surface area contributed by atoms with Crippen LogP contribution in [0, 0.1) is 3.57 Å². The number of carboxylic acid groups (broad SMARTS) is 2. The van der Waals surface area contributed by atoms with Crippen LogP contribution in [-0.2, 0) is 17.6 Å². The lowest BCUT2D eigenvalue weighted by atomic mass is 10.1. The van der Waals surface area contributed by atoms with Gasteiger partial charge < -0.3 is 10.2 Å². The third-order valence-electron chi connectivity index (χ3n) is 3.23. The molecule has 1 heterocycles. The number of benzene rings is 1. The zero-order chi connectivity index (χ0) is 17.1. The van der Waals surface area contributed by atoms with Crippen molar-refractivity contribution in [1.82, 2.24) is 9.78 Å². The summed E-state index contributed by atoms with van der Waals surface area (Å²) in [6, 6.07) is 7.09. The highest BCUT2D eigenvalue weighted by atomic mass is 127. The van der Waals surface area contributed by atoms with Crippen molar-refractivity contribution in [3.63, 3.8) is 0 Å². The van der Waals surface area contributed by atoms with Crippen LogP contribution in [-0.4, -0.2) is 31.9 Å². The Morgan fingerprint density at radius 1 is 1.22 bits per heavy atom. The van der Waals surface area contributed by atoms with E-state index in [2.05, 4.69) is 27.7 Å². The molecular formula is C15H13IN2O5. The van der Waals surface area contributed by atoms with Crippen LogP contribution in [0.15, 0.2) is 29.1 Å². The highest BCUT2D eigenvalue weighted by Crippen LogP contribution is 2.16. The SMILES string of the molecule is CCc1c(CC(=O)O)c(=O)c(C(=O)O)nn1-c1ccc(I)cc1. The summed E-state index contributed by atoms with van der Waals surface area (Å²) < 4.78 is 2.31. The summed E-state index contributed by atoms with van der Waals surface area (Å²) in [7, 11) is 0. The number of aromatic carboxylic acids is 1. The van der Waals surface area contributed by atoms with Crippen molar-refractivity contribution in [2.75, 3.05) is 0 Å². The molecule has 0 atom stereocenters. The molecule has 0 bridgehead atoms. The largest absolute Gasteiger partial charge is 0.481 e. The van der Waals surface area contributed by atoms with Gasteiger partial charge in [-0.15, -0.1) is 0 Å². The normalized spacial score (nSPS) is 10.5. The zero-order valence-electron chi connectivity index (χ0n) is 12.1. The second kappa shape index (κ2) is 6.90. The van der Waals surface area contributed by atoms with E-state index in [1.54, 1.807) is 19.1 Å². The molecule has 0 radical (unpaired) electrons. The van der Waals surface area contributed by atoms with Gasteiger partial charge in [-0.25, -0.2) is 9.48 Å². The number of rotatable bonds is 5. The lowest BCUT2D eigenvalue weighted by Gasteiger charge is -2.15. The van der Waals surface area contributed by atoms with E-state index in [0.717, 1.165) is 3.57 Å². The molecule has 7 nitrogen and oxygen atoms in total. The third-order valence-corrected chi connectivity index (χ3v) is 3.95. The molecule has 2 aromatic rings. The molecule has 0 aliphatic rings. The molecular weight excluding hydrogens is 415 g/mol. The molecule has 0 spiro atoms. The van der Waals surface area contributed by atoms with E-state index in [4.69, 9.17) is 5.11 Å². The van der Waals surface area contributed by atoms with E-state index in [0.29, 0.717) is 17.8 Å². The first kappa shape index (κ1) is 17.1. The van der Waals surface area contributed by atoms with Crippen LogP contribution in [0.5, 0.6) is 0 Å². The Bertz CT molecular complexity index is 827. The van der Waals surface area contributed by atoms with E-state index in [9.17, 15) is 19.5 Å². The Balaban J connectivity index is 2.81. The van der Waals surface area contributed by atoms with Gasteiger partial charge in [0, 0.05) is 9.13 Å². The molecule has 0 amide bonds. The molecule has 0 fully saturated rings. The van der Waals surface area contributed by atoms with Crippen molar-refractivity contribution in [3.8, 4) is 5.69 Å². The first-order valence-corrected chi connectivity index (χ1v) is 7.79. The maximum absolute atomic E-state index is 12.2. The van der Waals surface area contributed by atoms with Crippen molar-refractivity contribution in [1.29, 1.82) is 0 Å². The molecule has 23 heavy (non-hydrogen) atoms. The number of carbonyl (C=O) groups is 2. The van der Waals surface area contributed by atoms with Crippen LogP contribution in [0.1, 0.15) is 28.7 Å². The van der Waals surface area contributed by atoms with Crippen LogP contribution in [0.25, 0.3) is 5.69 Å². The molecule has 0 aliphatic heterocycles. The van der Waals surface area contributed by atoms with E-state index < -0.39 is 29.5 Å². The smallest absolute Gasteiger partial charge is 0.360 e. The van der Waals surface area contributed by atoms with Crippen molar-refractivity contribution in [2.24, 2.45) is 0 Å². The topological polar surface area (TPSA) is 109 Å². The number of aliphatic carboxylic acids is 1. The van der Waals surface area contributed by atoms with Crippen LogP contribution in [0.4, 0.5) is 0 Å². The van der Waals surface area contributed by atoms with Crippen LogP contribution in [0.2, 0.25) is 0 Å². The predicted molar refractivity (Wildman–Crippen MR) is 90.2 cm³/mol. The fourth-order valence-corrected chi connectivity index (χ4v) is 2.60. The lowest BCUT2D eigenvalue weighted by Crippen LogP contribution is -2.29. The Kier molecular flexibility index (Phi) is 5.14. The number of nitrogens with zero attached hydrogens (tertiary/aromatic N) is 2. The van der Waals surface area contributed by atoms with E-state index in [1.165, 1.54) is 4.68 Å². The Labute approximate surface area is 144 Å². The van der Waals surface area contributed by atoms with Crippen molar-refractivity contribution in [3.05, 3.63) is 55.0 Å². The zero-order valence-corrected chi connectivity index (χ0v) is 14.3. The molecule has 1 aromatic carbocycles. The lowest BCUT2D eigenvalue weighted by molar-refractivity contribution is -0.136. The van der Waals surface area contributed by atoms with Gasteiger partial charge >= 0.3 is 11.9 Å². The molecule has 120 valence electrons. The standard InChI is InChI=1S/C15H13IN2O5/c1-2-11-10(7-12(19)20)14(21)13(15(22)23)17-18(11)9-5-3-8(16)4-6-9/h3-6H,2,7H2,1H3,(H,19,20)(H,22,23). The Morgan fingerprint density at radius 2 is 1.83 bits per heavy atom. The minimum Gasteiger partial charge on any atom is -0.481 e. The van der Waals surface area contributed by atoms with Gasteiger partial charge in [0.05, 0.1) is 17.8 Å². The number of halogens is 1. The van der Waals surface area contributed by atoms with Gasteiger partial charge in [-0.3, -0.25) is 9.59 Å².